The number of aromatic nitrogens is 1. The second kappa shape index (κ2) is 3.89. The molecule has 0 saturated carbocycles. The Morgan fingerprint density at radius 2 is 1.88 bits per heavy atom. The van der Waals surface area contributed by atoms with Gasteiger partial charge >= 0.3 is 0 Å². The minimum atomic E-state index is -0.0502. The zero-order valence-corrected chi connectivity index (χ0v) is 9.46. The summed E-state index contributed by atoms with van der Waals surface area (Å²) in [5.74, 6) is 1.18. The van der Waals surface area contributed by atoms with E-state index in [1.54, 1.807) is 25.3 Å². The molecule has 4 nitrogen and oxygen atoms in total. The molecule has 0 unspecified atom stereocenters. The van der Waals surface area contributed by atoms with Crippen LogP contribution < -0.4 is 14.9 Å². The third kappa shape index (κ3) is 1.62. The molecule has 0 aliphatic carbocycles. The van der Waals surface area contributed by atoms with Crippen molar-refractivity contribution < 1.29 is 9.47 Å². The topological polar surface area (TPSA) is 51.3 Å². The van der Waals surface area contributed by atoms with E-state index in [1.165, 1.54) is 7.11 Å². The van der Waals surface area contributed by atoms with Gasteiger partial charge < -0.3 is 14.5 Å². The van der Waals surface area contributed by atoms with Crippen molar-refractivity contribution in [2.24, 2.45) is 0 Å². The van der Waals surface area contributed by atoms with E-state index in [9.17, 15) is 4.79 Å². The number of fused-ring (bicyclic) bond motifs is 1. The molecule has 16 heavy (non-hydrogen) atoms. The lowest BCUT2D eigenvalue weighted by Gasteiger charge is -2.08. The van der Waals surface area contributed by atoms with Gasteiger partial charge in [-0.1, -0.05) is 0 Å². The highest BCUT2D eigenvalue weighted by Gasteiger charge is 2.09. The quantitative estimate of drug-likeness (QED) is 0.838. The lowest BCUT2D eigenvalue weighted by molar-refractivity contribution is 0.397. The van der Waals surface area contributed by atoms with E-state index in [2.05, 4.69) is 4.98 Å². The highest BCUT2D eigenvalue weighted by Crippen LogP contribution is 2.27. The Labute approximate surface area is 92.8 Å². The molecule has 1 heterocycles. The average molecular weight is 219 g/mol. The first-order chi connectivity index (χ1) is 7.65. The van der Waals surface area contributed by atoms with Crippen molar-refractivity contribution in [3.8, 4) is 11.5 Å². The molecule has 1 aromatic carbocycles. The number of H-pyrrole nitrogens is 1. The maximum absolute atomic E-state index is 11.8. The maximum Gasteiger partial charge on any atom is 0.193 e. The van der Waals surface area contributed by atoms with Gasteiger partial charge in [-0.15, -0.1) is 0 Å². The number of ether oxygens (including phenoxy) is 2. The first kappa shape index (κ1) is 10.5. The van der Waals surface area contributed by atoms with E-state index in [-0.39, 0.29) is 5.43 Å². The van der Waals surface area contributed by atoms with Gasteiger partial charge in [0.25, 0.3) is 0 Å². The fourth-order valence-electron chi connectivity index (χ4n) is 1.74. The monoisotopic (exact) mass is 219 g/mol. The summed E-state index contributed by atoms with van der Waals surface area (Å²) < 4.78 is 10.3. The largest absolute Gasteiger partial charge is 0.497 e. The summed E-state index contributed by atoms with van der Waals surface area (Å²) in [5, 5.41) is 0.550. The molecule has 2 aromatic rings. The number of nitrogens with one attached hydrogen (secondary N) is 1. The lowest BCUT2D eigenvalue weighted by Crippen LogP contribution is -2.05. The maximum atomic E-state index is 11.8. The number of rotatable bonds is 2. The summed E-state index contributed by atoms with van der Waals surface area (Å²) in [6.07, 6.45) is 0. The molecule has 0 atom stereocenters. The summed E-state index contributed by atoms with van der Waals surface area (Å²) in [4.78, 5) is 15.0. The molecule has 0 radical (unpaired) electrons. The van der Waals surface area contributed by atoms with Gasteiger partial charge in [0, 0.05) is 23.9 Å². The van der Waals surface area contributed by atoms with Gasteiger partial charge in [-0.05, 0) is 6.92 Å². The van der Waals surface area contributed by atoms with Gasteiger partial charge in [-0.3, -0.25) is 4.79 Å². The van der Waals surface area contributed by atoms with Gasteiger partial charge in [-0.25, -0.2) is 0 Å². The molecule has 0 aliphatic rings. The van der Waals surface area contributed by atoms with Crippen LogP contribution in [0.4, 0.5) is 0 Å². The third-order valence-electron chi connectivity index (χ3n) is 2.46. The lowest BCUT2D eigenvalue weighted by atomic mass is 10.1. The molecule has 0 aliphatic heterocycles. The smallest absolute Gasteiger partial charge is 0.193 e. The summed E-state index contributed by atoms with van der Waals surface area (Å²) in [6, 6.07) is 5.04. The third-order valence-corrected chi connectivity index (χ3v) is 2.46. The minimum Gasteiger partial charge on any atom is -0.497 e. The van der Waals surface area contributed by atoms with Crippen LogP contribution in [0.15, 0.2) is 23.0 Å². The first-order valence-corrected chi connectivity index (χ1v) is 4.91. The van der Waals surface area contributed by atoms with E-state index in [4.69, 9.17) is 9.47 Å². The number of aromatic amines is 1. The van der Waals surface area contributed by atoms with Crippen LogP contribution in [0.5, 0.6) is 11.5 Å². The Bertz CT molecular complexity index is 587. The van der Waals surface area contributed by atoms with Crippen molar-refractivity contribution in [3.63, 3.8) is 0 Å². The van der Waals surface area contributed by atoms with Crippen molar-refractivity contribution in [2.75, 3.05) is 14.2 Å². The van der Waals surface area contributed by atoms with E-state index in [0.29, 0.717) is 16.9 Å². The predicted octanol–water partition coefficient (Wildman–Crippen LogP) is 1.85. The molecule has 0 saturated heterocycles. The van der Waals surface area contributed by atoms with Crippen LogP contribution >= 0.6 is 0 Å². The molecule has 4 heteroatoms. The van der Waals surface area contributed by atoms with Crippen molar-refractivity contribution in [1.82, 2.24) is 4.98 Å². The number of pyridine rings is 1. The van der Waals surface area contributed by atoms with Gasteiger partial charge in [0.2, 0.25) is 0 Å². The van der Waals surface area contributed by atoms with Crippen molar-refractivity contribution >= 4 is 10.9 Å². The highest BCUT2D eigenvalue weighted by atomic mass is 16.5. The number of aryl methyl sites for hydroxylation is 1. The number of benzene rings is 1. The Morgan fingerprint density at radius 1 is 1.12 bits per heavy atom. The SMILES string of the molecule is COc1cc(OC)c2c(=O)cc(C)[nH]c2c1. The molecular weight excluding hydrogens is 206 g/mol. The van der Waals surface area contributed by atoms with Crippen molar-refractivity contribution in [2.45, 2.75) is 6.92 Å². The van der Waals surface area contributed by atoms with Crippen molar-refractivity contribution in [1.29, 1.82) is 0 Å². The molecule has 84 valence electrons. The predicted molar refractivity (Wildman–Crippen MR) is 62.4 cm³/mol. The molecule has 0 fully saturated rings. The Balaban J connectivity index is 2.89. The van der Waals surface area contributed by atoms with Crippen LogP contribution in [0.1, 0.15) is 5.69 Å². The van der Waals surface area contributed by atoms with Crippen LogP contribution in [-0.4, -0.2) is 19.2 Å². The second-order valence-electron chi connectivity index (χ2n) is 3.57. The second-order valence-corrected chi connectivity index (χ2v) is 3.57. The van der Waals surface area contributed by atoms with E-state index in [0.717, 1.165) is 11.2 Å². The summed E-state index contributed by atoms with van der Waals surface area (Å²) in [6.45, 7) is 1.84. The highest BCUT2D eigenvalue weighted by molar-refractivity contribution is 5.86. The minimum absolute atomic E-state index is 0.0502. The standard InChI is InChI=1S/C12H13NO3/c1-7-4-10(14)12-9(13-7)5-8(15-2)6-11(12)16-3/h4-6H,1-3H3,(H,13,14). The number of hydrogen-bond donors (Lipinski definition) is 1. The Kier molecular flexibility index (Phi) is 2.56. The molecule has 1 N–H and O–H groups in total. The fourth-order valence-corrected chi connectivity index (χ4v) is 1.74. The van der Waals surface area contributed by atoms with Crippen LogP contribution in [0.2, 0.25) is 0 Å². The van der Waals surface area contributed by atoms with Gasteiger partial charge in [0.15, 0.2) is 5.43 Å². The van der Waals surface area contributed by atoms with Crippen molar-refractivity contribution in [3.05, 3.63) is 34.1 Å². The van der Waals surface area contributed by atoms with E-state index in [1.807, 2.05) is 6.92 Å². The summed E-state index contributed by atoms with van der Waals surface area (Å²) in [7, 11) is 3.11. The molecule has 2 rings (SSSR count). The molecule has 0 spiro atoms. The van der Waals surface area contributed by atoms with Gasteiger partial charge in [0.05, 0.1) is 25.1 Å². The molecule has 1 aromatic heterocycles. The zero-order chi connectivity index (χ0) is 11.7. The first-order valence-electron chi connectivity index (χ1n) is 4.91. The van der Waals surface area contributed by atoms with Crippen LogP contribution in [0.25, 0.3) is 10.9 Å². The summed E-state index contributed by atoms with van der Waals surface area (Å²) in [5.41, 5.74) is 1.49. The zero-order valence-electron chi connectivity index (χ0n) is 9.46. The average Bonchev–Trinajstić information content (AvgIpc) is 2.26. The molecular formula is C12H13NO3. The van der Waals surface area contributed by atoms with Gasteiger partial charge in [0.1, 0.15) is 11.5 Å². The molecule has 0 amide bonds. The fraction of sp³-hybridized carbons (Fsp3) is 0.250. The Hall–Kier alpha value is -1.97. The number of methoxy groups -OCH3 is 2. The Morgan fingerprint density at radius 3 is 2.50 bits per heavy atom. The normalized spacial score (nSPS) is 10.4. The van der Waals surface area contributed by atoms with Gasteiger partial charge in [-0.2, -0.15) is 0 Å². The van der Waals surface area contributed by atoms with Crippen LogP contribution in [-0.2, 0) is 0 Å². The van der Waals surface area contributed by atoms with E-state index < -0.39 is 0 Å². The van der Waals surface area contributed by atoms with E-state index >= 15 is 0 Å². The van der Waals surface area contributed by atoms with Crippen LogP contribution in [0, 0.1) is 6.92 Å². The summed E-state index contributed by atoms with van der Waals surface area (Å²) >= 11 is 0. The number of hydrogen-bond acceptors (Lipinski definition) is 3. The van der Waals surface area contributed by atoms with Crippen LogP contribution in [0.3, 0.4) is 0 Å². The molecule has 0 bridgehead atoms.